The van der Waals surface area contributed by atoms with E-state index in [1.165, 1.54) is 4.90 Å². The van der Waals surface area contributed by atoms with Crippen molar-refractivity contribution in [1.29, 1.82) is 0 Å². The summed E-state index contributed by atoms with van der Waals surface area (Å²) >= 11 is 0. The Hall–Kier alpha value is -0.120. The molecular formula is C5H17N3+2. The monoisotopic (exact) mass is 119 g/mol. The molecule has 0 fully saturated rings. The molecule has 0 radical (unpaired) electrons. The van der Waals surface area contributed by atoms with Crippen LogP contribution >= 0.6 is 0 Å². The lowest BCUT2D eigenvalue weighted by molar-refractivity contribution is -0.883. The van der Waals surface area contributed by atoms with Crippen molar-refractivity contribution in [2.45, 2.75) is 0 Å². The van der Waals surface area contributed by atoms with Gasteiger partial charge in [0.15, 0.2) is 0 Å². The largest absolute Gasteiger partial charge is 0.353 e. The van der Waals surface area contributed by atoms with Crippen LogP contribution in [0.2, 0.25) is 0 Å². The summed E-state index contributed by atoms with van der Waals surface area (Å²) in [6.45, 7) is 3.99. The van der Waals surface area contributed by atoms with Gasteiger partial charge in [0.05, 0.1) is 13.6 Å². The van der Waals surface area contributed by atoms with Crippen LogP contribution in [0, 0.1) is 0 Å². The second-order valence-electron chi connectivity index (χ2n) is 2.10. The van der Waals surface area contributed by atoms with Crippen molar-refractivity contribution in [3.05, 3.63) is 0 Å². The molecule has 0 spiro atoms. The standard InChI is InChI=1S/C5H15N3/c1-8(4-2-6)5-3-7/h2-7H2,1H3/p+2. The van der Waals surface area contributed by atoms with E-state index in [0.717, 1.165) is 26.2 Å². The maximum absolute atomic E-state index is 5.32. The molecule has 6 N–H and O–H groups in total. The normalized spacial score (nSPS) is 13.9. The molecule has 1 unspecified atom stereocenters. The number of hydrogen-bond donors (Lipinski definition) is 3. The Morgan fingerprint density at radius 2 is 2.12 bits per heavy atom. The zero-order valence-corrected chi connectivity index (χ0v) is 5.61. The number of hydrogen-bond acceptors (Lipinski definition) is 1. The van der Waals surface area contributed by atoms with Crippen molar-refractivity contribution >= 4 is 0 Å². The quantitative estimate of drug-likeness (QED) is 0.357. The van der Waals surface area contributed by atoms with E-state index in [2.05, 4.69) is 12.8 Å². The van der Waals surface area contributed by atoms with Crippen molar-refractivity contribution in [2.24, 2.45) is 5.73 Å². The molecule has 8 heavy (non-hydrogen) atoms. The number of likely N-dealkylation sites (N-methyl/N-ethyl adjacent to an activating group) is 1. The van der Waals surface area contributed by atoms with Crippen molar-refractivity contribution in [3.8, 4) is 0 Å². The van der Waals surface area contributed by atoms with E-state index in [4.69, 9.17) is 5.73 Å². The fraction of sp³-hybridized carbons (Fsp3) is 1.00. The second kappa shape index (κ2) is 5.03. The highest BCUT2D eigenvalue weighted by molar-refractivity contribution is 4.25. The van der Waals surface area contributed by atoms with E-state index < -0.39 is 0 Å². The Morgan fingerprint density at radius 3 is 2.50 bits per heavy atom. The van der Waals surface area contributed by atoms with Gasteiger partial charge in [0, 0.05) is 6.54 Å². The SMILES string of the molecule is C[NH+](CCN)CC[NH3+]. The molecule has 0 rings (SSSR count). The Kier molecular flexibility index (Phi) is 4.95. The Labute approximate surface area is 50.6 Å². The first kappa shape index (κ1) is 7.88. The Morgan fingerprint density at radius 1 is 1.50 bits per heavy atom. The molecule has 50 valence electrons. The summed E-state index contributed by atoms with van der Waals surface area (Å²) in [4.78, 5) is 1.47. The van der Waals surface area contributed by atoms with Gasteiger partial charge in [0.25, 0.3) is 0 Å². The van der Waals surface area contributed by atoms with Gasteiger partial charge >= 0.3 is 0 Å². The van der Waals surface area contributed by atoms with Crippen molar-refractivity contribution in [3.63, 3.8) is 0 Å². The van der Waals surface area contributed by atoms with Gasteiger partial charge in [0.1, 0.15) is 13.1 Å². The number of nitrogens with two attached hydrogens (primary N) is 1. The smallest absolute Gasteiger partial charge is 0.127 e. The van der Waals surface area contributed by atoms with Gasteiger partial charge < -0.3 is 16.4 Å². The van der Waals surface area contributed by atoms with Gasteiger partial charge in [0.2, 0.25) is 0 Å². The van der Waals surface area contributed by atoms with E-state index in [1.54, 1.807) is 0 Å². The first-order valence-corrected chi connectivity index (χ1v) is 3.12. The molecule has 0 bridgehead atoms. The molecule has 3 heteroatoms. The average molecular weight is 119 g/mol. The Balaban J connectivity index is 2.92. The molecule has 0 aliphatic carbocycles. The van der Waals surface area contributed by atoms with Gasteiger partial charge in [-0.25, -0.2) is 0 Å². The van der Waals surface area contributed by atoms with Crippen molar-refractivity contribution in [1.82, 2.24) is 0 Å². The second-order valence-corrected chi connectivity index (χ2v) is 2.10. The van der Waals surface area contributed by atoms with Gasteiger partial charge in [-0.3, -0.25) is 0 Å². The highest BCUT2D eigenvalue weighted by Crippen LogP contribution is 1.37. The van der Waals surface area contributed by atoms with E-state index in [9.17, 15) is 0 Å². The average Bonchev–Trinajstić information content (AvgIpc) is 1.68. The van der Waals surface area contributed by atoms with Crippen LogP contribution in [0.3, 0.4) is 0 Å². The van der Waals surface area contributed by atoms with Gasteiger partial charge in [-0.1, -0.05) is 0 Å². The lowest BCUT2D eigenvalue weighted by atomic mass is 10.5. The molecule has 0 aliphatic heterocycles. The van der Waals surface area contributed by atoms with Gasteiger partial charge in [-0.05, 0) is 0 Å². The van der Waals surface area contributed by atoms with E-state index >= 15 is 0 Å². The first-order chi connectivity index (χ1) is 3.81. The maximum atomic E-state index is 5.32. The molecule has 0 amide bonds. The van der Waals surface area contributed by atoms with Crippen LogP contribution in [0.5, 0.6) is 0 Å². The zero-order valence-electron chi connectivity index (χ0n) is 5.61. The van der Waals surface area contributed by atoms with Crippen LogP contribution < -0.4 is 16.4 Å². The molecule has 1 atom stereocenters. The van der Waals surface area contributed by atoms with Gasteiger partial charge in [-0.2, -0.15) is 0 Å². The van der Waals surface area contributed by atoms with Crippen LogP contribution in [0.15, 0.2) is 0 Å². The summed E-state index contributed by atoms with van der Waals surface area (Å²) in [6, 6.07) is 0. The minimum Gasteiger partial charge on any atom is -0.353 e. The molecule has 0 saturated carbocycles. The van der Waals surface area contributed by atoms with Crippen molar-refractivity contribution < 1.29 is 10.6 Å². The number of quaternary nitrogens is 2. The molecule has 0 aromatic carbocycles. The van der Waals surface area contributed by atoms with E-state index in [-0.39, 0.29) is 0 Å². The molecule has 0 aliphatic rings. The third-order valence-corrected chi connectivity index (χ3v) is 1.17. The highest BCUT2D eigenvalue weighted by Gasteiger charge is 1.95. The van der Waals surface area contributed by atoms with Crippen LogP contribution in [0.1, 0.15) is 0 Å². The third kappa shape index (κ3) is 4.05. The predicted octanol–water partition coefficient (Wildman–Crippen LogP) is -3.30. The Bertz CT molecular complexity index is 40.9. The summed E-state index contributed by atoms with van der Waals surface area (Å²) in [5, 5.41) is 0. The highest BCUT2D eigenvalue weighted by atomic mass is 15.1. The van der Waals surface area contributed by atoms with Crippen molar-refractivity contribution in [2.75, 3.05) is 33.2 Å². The molecular weight excluding hydrogens is 102 g/mol. The maximum Gasteiger partial charge on any atom is 0.127 e. The summed E-state index contributed by atoms with van der Waals surface area (Å²) in [6.07, 6.45) is 0. The summed E-state index contributed by atoms with van der Waals surface area (Å²) in [7, 11) is 2.14. The van der Waals surface area contributed by atoms with Crippen LogP contribution in [-0.2, 0) is 0 Å². The third-order valence-electron chi connectivity index (χ3n) is 1.17. The fourth-order valence-corrected chi connectivity index (χ4v) is 0.673. The molecule has 3 nitrogen and oxygen atoms in total. The fourth-order valence-electron chi connectivity index (χ4n) is 0.673. The molecule has 0 heterocycles. The lowest BCUT2D eigenvalue weighted by Gasteiger charge is -2.08. The lowest BCUT2D eigenvalue weighted by Crippen LogP contribution is -3.11. The van der Waals surface area contributed by atoms with Crippen LogP contribution in [-0.4, -0.2) is 33.2 Å². The van der Waals surface area contributed by atoms with Crippen LogP contribution in [0.25, 0.3) is 0 Å². The summed E-state index contributed by atoms with van der Waals surface area (Å²) < 4.78 is 0. The van der Waals surface area contributed by atoms with Gasteiger partial charge in [-0.15, -0.1) is 0 Å². The number of rotatable bonds is 4. The van der Waals surface area contributed by atoms with E-state index in [0.29, 0.717) is 0 Å². The topological polar surface area (TPSA) is 58.1 Å². The molecule has 0 saturated heterocycles. The summed E-state index contributed by atoms with van der Waals surface area (Å²) in [5.74, 6) is 0. The number of nitrogens with one attached hydrogen (secondary N) is 1. The minimum atomic E-state index is 0.784. The van der Waals surface area contributed by atoms with E-state index in [1.807, 2.05) is 0 Å². The zero-order chi connectivity index (χ0) is 6.41. The summed E-state index contributed by atoms with van der Waals surface area (Å²) in [5.41, 5.74) is 9.06. The predicted molar refractivity (Wildman–Crippen MR) is 33.4 cm³/mol. The minimum absolute atomic E-state index is 0.784. The molecule has 0 aromatic heterocycles. The first-order valence-electron chi connectivity index (χ1n) is 3.12. The molecule has 0 aromatic rings. The van der Waals surface area contributed by atoms with Crippen LogP contribution in [0.4, 0.5) is 0 Å².